The standard InChI is InChI=1S/C18H12F3N3O2S/c19-18(20,21)12-6-8-13(9-7-12)22-16(26)14-10-27-17(23-14)24-15(25)11-4-2-1-3-5-11/h1-10H,(H,22,26)(H,23,24,25). The topological polar surface area (TPSA) is 71.1 Å². The molecule has 1 aromatic heterocycles. The summed E-state index contributed by atoms with van der Waals surface area (Å²) >= 11 is 1.06. The summed E-state index contributed by atoms with van der Waals surface area (Å²) in [6.45, 7) is 0. The predicted molar refractivity (Wildman–Crippen MR) is 95.9 cm³/mol. The molecule has 0 radical (unpaired) electrons. The molecule has 138 valence electrons. The van der Waals surface area contributed by atoms with Crippen molar-refractivity contribution in [1.29, 1.82) is 0 Å². The number of thiazole rings is 1. The van der Waals surface area contributed by atoms with Gasteiger partial charge in [-0.2, -0.15) is 13.2 Å². The average Bonchev–Trinajstić information content (AvgIpc) is 3.11. The van der Waals surface area contributed by atoms with E-state index in [0.29, 0.717) is 5.56 Å². The van der Waals surface area contributed by atoms with Crippen LogP contribution in [-0.4, -0.2) is 16.8 Å². The fourth-order valence-electron chi connectivity index (χ4n) is 2.13. The van der Waals surface area contributed by atoms with Crippen molar-refractivity contribution in [3.8, 4) is 0 Å². The largest absolute Gasteiger partial charge is 0.416 e. The number of benzene rings is 2. The van der Waals surface area contributed by atoms with Gasteiger partial charge in [0.05, 0.1) is 5.56 Å². The van der Waals surface area contributed by atoms with Crippen LogP contribution >= 0.6 is 11.3 Å². The minimum atomic E-state index is -4.44. The van der Waals surface area contributed by atoms with Crippen LogP contribution in [0.15, 0.2) is 60.0 Å². The van der Waals surface area contributed by atoms with Crippen molar-refractivity contribution in [2.75, 3.05) is 10.6 Å². The minimum absolute atomic E-state index is 0.0447. The Morgan fingerprint density at radius 1 is 0.889 bits per heavy atom. The Hall–Kier alpha value is -3.20. The first-order chi connectivity index (χ1) is 12.8. The maximum absolute atomic E-state index is 12.5. The lowest BCUT2D eigenvalue weighted by atomic mass is 10.2. The van der Waals surface area contributed by atoms with Gasteiger partial charge in [-0.1, -0.05) is 18.2 Å². The predicted octanol–water partition coefficient (Wildman–Crippen LogP) is 4.67. The third-order valence-corrected chi connectivity index (χ3v) is 4.22. The summed E-state index contributed by atoms with van der Waals surface area (Å²) in [5.74, 6) is -0.953. The van der Waals surface area contributed by atoms with Gasteiger partial charge in [0.2, 0.25) is 0 Å². The highest BCUT2D eigenvalue weighted by atomic mass is 32.1. The van der Waals surface area contributed by atoms with E-state index in [1.807, 2.05) is 0 Å². The lowest BCUT2D eigenvalue weighted by Crippen LogP contribution is -2.14. The molecule has 2 amide bonds. The number of carbonyl (C=O) groups excluding carboxylic acids is 2. The van der Waals surface area contributed by atoms with Crippen LogP contribution in [0.2, 0.25) is 0 Å². The van der Waals surface area contributed by atoms with Crippen molar-refractivity contribution in [2.45, 2.75) is 6.18 Å². The Labute approximate surface area is 155 Å². The second kappa shape index (κ2) is 7.58. The Morgan fingerprint density at radius 2 is 1.56 bits per heavy atom. The van der Waals surface area contributed by atoms with Crippen molar-refractivity contribution in [3.63, 3.8) is 0 Å². The highest BCUT2D eigenvalue weighted by Crippen LogP contribution is 2.30. The first-order valence-electron chi connectivity index (χ1n) is 7.63. The van der Waals surface area contributed by atoms with Crippen molar-refractivity contribution in [3.05, 3.63) is 76.8 Å². The second-order valence-corrected chi connectivity index (χ2v) is 6.25. The average molecular weight is 391 g/mol. The first kappa shape index (κ1) is 18.6. The summed E-state index contributed by atoms with van der Waals surface area (Å²) in [6.07, 6.45) is -4.44. The van der Waals surface area contributed by atoms with Gasteiger partial charge < -0.3 is 5.32 Å². The molecule has 2 aromatic carbocycles. The van der Waals surface area contributed by atoms with E-state index in [1.54, 1.807) is 30.3 Å². The number of anilines is 2. The highest BCUT2D eigenvalue weighted by Gasteiger charge is 2.30. The van der Waals surface area contributed by atoms with E-state index in [1.165, 1.54) is 5.38 Å². The molecule has 0 aliphatic carbocycles. The summed E-state index contributed by atoms with van der Waals surface area (Å²) in [6, 6.07) is 12.6. The summed E-state index contributed by atoms with van der Waals surface area (Å²) in [5.41, 5.74) is -0.109. The molecular formula is C18H12F3N3O2S. The highest BCUT2D eigenvalue weighted by molar-refractivity contribution is 7.14. The van der Waals surface area contributed by atoms with Gasteiger partial charge in [0.25, 0.3) is 11.8 Å². The number of hydrogen-bond acceptors (Lipinski definition) is 4. The van der Waals surface area contributed by atoms with Crippen molar-refractivity contribution < 1.29 is 22.8 Å². The molecule has 0 unspecified atom stereocenters. The number of aromatic nitrogens is 1. The molecule has 3 rings (SSSR count). The SMILES string of the molecule is O=C(Nc1nc(C(=O)Nc2ccc(C(F)(F)F)cc2)cs1)c1ccccc1. The maximum Gasteiger partial charge on any atom is 0.416 e. The number of hydrogen-bond donors (Lipinski definition) is 2. The molecule has 9 heteroatoms. The monoisotopic (exact) mass is 391 g/mol. The number of alkyl halides is 3. The van der Waals surface area contributed by atoms with Gasteiger partial charge in [-0.15, -0.1) is 11.3 Å². The van der Waals surface area contributed by atoms with Crippen LogP contribution in [0, 0.1) is 0 Å². The fourth-order valence-corrected chi connectivity index (χ4v) is 2.82. The van der Waals surface area contributed by atoms with Crippen molar-refractivity contribution in [2.24, 2.45) is 0 Å². The smallest absolute Gasteiger partial charge is 0.321 e. The minimum Gasteiger partial charge on any atom is -0.321 e. The van der Waals surface area contributed by atoms with E-state index in [-0.39, 0.29) is 22.4 Å². The van der Waals surface area contributed by atoms with Crippen LogP contribution in [0.1, 0.15) is 26.4 Å². The summed E-state index contributed by atoms with van der Waals surface area (Å²) in [7, 11) is 0. The van der Waals surface area contributed by atoms with Crippen molar-refractivity contribution >= 4 is 34.0 Å². The molecular weight excluding hydrogens is 379 g/mol. The molecule has 2 N–H and O–H groups in total. The Morgan fingerprint density at radius 3 is 2.19 bits per heavy atom. The van der Waals surface area contributed by atoms with Gasteiger partial charge in [0.1, 0.15) is 5.69 Å². The number of rotatable bonds is 4. The molecule has 27 heavy (non-hydrogen) atoms. The first-order valence-corrected chi connectivity index (χ1v) is 8.51. The summed E-state index contributed by atoms with van der Waals surface area (Å²) < 4.78 is 37.6. The molecule has 0 bridgehead atoms. The maximum atomic E-state index is 12.5. The zero-order chi connectivity index (χ0) is 19.4. The van der Waals surface area contributed by atoms with E-state index in [4.69, 9.17) is 0 Å². The van der Waals surface area contributed by atoms with E-state index in [0.717, 1.165) is 35.6 Å². The molecule has 0 spiro atoms. The van der Waals surface area contributed by atoms with Crippen molar-refractivity contribution in [1.82, 2.24) is 4.98 Å². The molecule has 0 fully saturated rings. The number of amides is 2. The quantitative estimate of drug-likeness (QED) is 0.679. The molecule has 0 saturated carbocycles. The van der Waals surface area contributed by atoms with E-state index >= 15 is 0 Å². The zero-order valence-corrected chi connectivity index (χ0v) is 14.4. The number of nitrogens with zero attached hydrogens (tertiary/aromatic N) is 1. The summed E-state index contributed by atoms with van der Waals surface area (Å²) in [5, 5.41) is 6.73. The Kier molecular flexibility index (Phi) is 5.22. The van der Waals surface area contributed by atoms with Crippen LogP contribution in [-0.2, 0) is 6.18 Å². The molecule has 1 heterocycles. The van der Waals surface area contributed by atoms with Gasteiger partial charge in [-0.3, -0.25) is 14.9 Å². The number of carbonyl (C=O) groups is 2. The Bertz CT molecular complexity index is 954. The van der Waals surface area contributed by atoms with Crippen LogP contribution in [0.4, 0.5) is 24.0 Å². The number of nitrogens with one attached hydrogen (secondary N) is 2. The van der Waals surface area contributed by atoms with Gasteiger partial charge >= 0.3 is 6.18 Å². The van der Waals surface area contributed by atoms with E-state index < -0.39 is 17.6 Å². The van der Waals surface area contributed by atoms with Gasteiger partial charge in [0, 0.05) is 16.6 Å². The van der Waals surface area contributed by atoms with Gasteiger partial charge in [-0.05, 0) is 36.4 Å². The summed E-state index contributed by atoms with van der Waals surface area (Å²) in [4.78, 5) is 28.2. The molecule has 0 atom stereocenters. The number of halogens is 3. The second-order valence-electron chi connectivity index (χ2n) is 5.39. The molecule has 0 saturated heterocycles. The molecule has 0 aliphatic heterocycles. The third kappa shape index (κ3) is 4.70. The van der Waals surface area contributed by atoms with Gasteiger partial charge in [0.15, 0.2) is 5.13 Å². The Balaban J connectivity index is 1.64. The van der Waals surface area contributed by atoms with Crippen LogP contribution < -0.4 is 10.6 Å². The molecule has 0 aliphatic rings. The van der Waals surface area contributed by atoms with Crippen LogP contribution in [0.5, 0.6) is 0 Å². The van der Waals surface area contributed by atoms with E-state index in [2.05, 4.69) is 15.6 Å². The lowest BCUT2D eigenvalue weighted by molar-refractivity contribution is -0.137. The third-order valence-electron chi connectivity index (χ3n) is 3.46. The normalized spacial score (nSPS) is 11.1. The van der Waals surface area contributed by atoms with Gasteiger partial charge in [-0.25, -0.2) is 4.98 Å². The zero-order valence-electron chi connectivity index (χ0n) is 13.6. The molecule has 3 aromatic rings. The van der Waals surface area contributed by atoms with Crippen LogP contribution in [0.25, 0.3) is 0 Å². The fraction of sp³-hybridized carbons (Fsp3) is 0.0556. The van der Waals surface area contributed by atoms with Crippen LogP contribution in [0.3, 0.4) is 0 Å². The van der Waals surface area contributed by atoms with E-state index in [9.17, 15) is 22.8 Å². The molecule has 5 nitrogen and oxygen atoms in total. The lowest BCUT2D eigenvalue weighted by Gasteiger charge is -2.08.